The molecule has 0 aliphatic carbocycles. The van der Waals surface area contributed by atoms with Crippen LogP contribution in [0.25, 0.3) is 0 Å². The molecule has 1 atom stereocenters. The molecule has 0 saturated carbocycles. The van der Waals surface area contributed by atoms with Crippen molar-refractivity contribution in [3.63, 3.8) is 0 Å². The molecule has 23 heavy (non-hydrogen) atoms. The Kier molecular flexibility index (Phi) is 4.76. The Bertz CT molecular complexity index is 665. The summed E-state index contributed by atoms with van der Waals surface area (Å²) in [7, 11) is 0. The van der Waals surface area contributed by atoms with Crippen LogP contribution < -0.4 is 5.32 Å². The van der Waals surface area contributed by atoms with Crippen molar-refractivity contribution in [1.82, 2.24) is 14.8 Å². The molecule has 122 valence electrons. The van der Waals surface area contributed by atoms with Crippen LogP contribution in [0.15, 0.2) is 42.6 Å². The molecule has 1 aromatic heterocycles. The number of rotatable bonds is 5. The fraction of sp³-hybridized carbons (Fsp3) is 0.389. The van der Waals surface area contributed by atoms with Crippen molar-refractivity contribution in [2.24, 2.45) is 0 Å². The van der Waals surface area contributed by atoms with E-state index in [1.807, 2.05) is 13.0 Å². The summed E-state index contributed by atoms with van der Waals surface area (Å²) in [5, 5.41) is 2.93. The molecular formula is C18H22FN3O. The maximum absolute atomic E-state index is 13.3. The summed E-state index contributed by atoms with van der Waals surface area (Å²) >= 11 is 0. The lowest BCUT2D eigenvalue weighted by molar-refractivity contribution is -0.122. The summed E-state index contributed by atoms with van der Waals surface area (Å²) in [6.45, 7) is 4.75. The van der Waals surface area contributed by atoms with E-state index in [2.05, 4.69) is 27.0 Å². The lowest BCUT2D eigenvalue weighted by Crippen LogP contribution is -2.44. The number of nitrogens with zero attached hydrogens (tertiary/aromatic N) is 2. The van der Waals surface area contributed by atoms with Crippen LogP contribution in [0.1, 0.15) is 30.6 Å². The molecule has 2 aromatic rings. The van der Waals surface area contributed by atoms with Gasteiger partial charge in [-0.25, -0.2) is 4.39 Å². The molecule has 0 unspecified atom stereocenters. The molecule has 4 nitrogen and oxygen atoms in total. The van der Waals surface area contributed by atoms with Gasteiger partial charge in [0.1, 0.15) is 5.82 Å². The third-order valence-corrected chi connectivity index (χ3v) is 4.24. The van der Waals surface area contributed by atoms with Gasteiger partial charge in [-0.05, 0) is 36.2 Å². The minimum absolute atomic E-state index is 0.0215. The molecule has 1 aliphatic rings. The zero-order valence-electron chi connectivity index (χ0n) is 13.3. The Morgan fingerprint density at radius 1 is 1.26 bits per heavy atom. The largest absolute Gasteiger partial charge is 0.355 e. The van der Waals surface area contributed by atoms with Crippen LogP contribution in [-0.4, -0.2) is 35.0 Å². The Labute approximate surface area is 135 Å². The van der Waals surface area contributed by atoms with E-state index in [0.717, 1.165) is 30.8 Å². The maximum Gasteiger partial charge on any atom is 0.234 e. The van der Waals surface area contributed by atoms with Crippen LogP contribution in [0.3, 0.4) is 0 Å². The zero-order valence-corrected chi connectivity index (χ0v) is 13.3. The lowest BCUT2D eigenvalue weighted by atomic mass is 10.00. The topological polar surface area (TPSA) is 37.3 Å². The van der Waals surface area contributed by atoms with Gasteiger partial charge in [-0.1, -0.05) is 19.1 Å². The Hall–Kier alpha value is -2.14. The third-order valence-electron chi connectivity index (χ3n) is 4.24. The number of amides is 1. The normalized spacial score (nSPS) is 17.7. The van der Waals surface area contributed by atoms with Crippen LogP contribution in [0, 0.1) is 5.82 Å². The summed E-state index contributed by atoms with van der Waals surface area (Å²) in [6.07, 6.45) is 2.98. The van der Waals surface area contributed by atoms with E-state index in [1.165, 1.54) is 12.1 Å². The minimum Gasteiger partial charge on any atom is -0.355 e. The number of benzene rings is 1. The number of carbonyl (C=O) groups excluding carboxylic acids is 1. The molecule has 0 saturated heterocycles. The molecular weight excluding hydrogens is 293 g/mol. The van der Waals surface area contributed by atoms with Gasteiger partial charge in [0.15, 0.2) is 0 Å². The monoisotopic (exact) mass is 315 g/mol. The summed E-state index contributed by atoms with van der Waals surface area (Å²) < 4.78 is 15.5. The number of carbonyl (C=O) groups is 1. The number of nitrogens with one attached hydrogen (secondary N) is 1. The zero-order chi connectivity index (χ0) is 16.2. The van der Waals surface area contributed by atoms with Crippen molar-refractivity contribution >= 4 is 5.91 Å². The first-order valence-corrected chi connectivity index (χ1v) is 8.10. The molecule has 5 heteroatoms. The van der Waals surface area contributed by atoms with Crippen LogP contribution in [0.5, 0.6) is 0 Å². The summed E-state index contributed by atoms with van der Waals surface area (Å²) in [5.74, 6) is -0.203. The van der Waals surface area contributed by atoms with Crippen molar-refractivity contribution in [3.8, 4) is 0 Å². The molecule has 1 amide bonds. The second-order valence-corrected chi connectivity index (χ2v) is 5.90. The van der Waals surface area contributed by atoms with Crippen molar-refractivity contribution < 1.29 is 9.18 Å². The predicted octanol–water partition coefficient (Wildman–Crippen LogP) is 2.56. The first kappa shape index (κ1) is 15.7. The first-order chi connectivity index (χ1) is 11.2. The smallest absolute Gasteiger partial charge is 0.234 e. The molecule has 3 rings (SSSR count). The highest BCUT2D eigenvalue weighted by Gasteiger charge is 2.29. The number of hydrogen-bond acceptors (Lipinski definition) is 2. The molecule has 0 bridgehead atoms. The second-order valence-electron chi connectivity index (χ2n) is 5.90. The maximum atomic E-state index is 13.3. The minimum atomic E-state index is -0.243. The highest BCUT2D eigenvalue weighted by atomic mass is 19.1. The highest BCUT2D eigenvalue weighted by molar-refractivity contribution is 5.78. The lowest BCUT2D eigenvalue weighted by Gasteiger charge is -2.36. The molecule has 0 spiro atoms. The van der Waals surface area contributed by atoms with Gasteiger partial charge >= 0.3 is 0 Å². The van der Waals surface area contributed by atoms with Gasteiger partial charge in [0.2, 0.25) is 5.91 Å². The van der Waals surface area contributed by atoms with Gasteiger partial charge in [0.25, 0.3) is 0 Å². The van der Waals surface area contributed by atoms with Gasteiger partial charge in [-0.15, -0.1) is 0 Å². The van der Waals surface area contributed by atoms with Crippen molar-refractivity contribution in [3.05, 3.63) is 59.7 Å². The second kappa shape index (κ2) is 6.96. The third kappa shape index (κ3) is 3.45. The van der Waals surface area contributed by atoms with Crippen LogP contribution >= 0.6 is 0 Å². The van der Waals surface area contributed by atoms with Crippen molar-refractivity contribution in [2.75, 3.05) is 19.6 Å². The molecule has 1 aromatic carbocycles. The van der Waals surface area contributed by atoms with Gasteiger partial charge in [-0.3, -0.25) is 9.69 Å². The molecule has 0 radical (unpaired) electrons. The molecule has 1 aliphatic heterocycles. The SMILES string of the molecule is CCCNC(=O)CN1CCn2cccc2[C@H]1c1ccc(F)cc1. The summed E-state index contributed by atoms with van der Waals surface area (Å²) in [5.41, 5.74) is 2.15. The standard InChI is InChI=1S/C18H22FN3O/c1-2-9-20-17(23)13-22-12-11-21-10-3-4-16(21)18(22)14-5-7-15(19)8-6-14/h3-8,10,18H,2,9,11-13H2,1H3,(H,20,23)/t18-/m1/s1. The Morgan fingerprint density at radius 2 is 2.04 bits per heavy atom. The Balaban J connectivity index is 1.86. The van der Waals surface area contributed by atoms with Crippen LogP contribution in [0.2, 0.25) is 0 Å². The van der Waals surface area contributed by atoms with E-state index in [4.69, 9.17) is 0 Å². The van der Waals surface area contributed by atoms with E-state index < -0.39 is 0 Å². The number of aromatic nitrogens is 1. The molecule has 2 heterocycles. The molecule has 0 fully saturated rings. The predicted molar refractivity (Wildman–Crippen MR) is 87.5 cm³/mol. The molecule has 1 N–H and O–H groups in total. The summed E-state index contributed by atoms with van der Waals surface area (Å²) in [6, 6.07) is 10.6. The highest BCUT2D eigenvalue weighted by Crippen LogP contribution is 2.32. The van der Waals surface area contributed by atoms with E-state index in [0.29, 0.717) is 13.1 Å². The van der Waals surface area contributed by atoms with Crippen molar-refractivity contribution in [1.29, 1.82) is 0 Å². The Morgan fingerprint density at radius 3 is 2.78 bits per heavy atom. The number of halogens is 1. The van der Waals surface area contributed by atoms with Gasteiger partial charge < -0.3 is 9.88 Å². The average molecular weight is 315 g/mol. The van der Waals surface area contributed by atoms with Gasteiger partial charge in [0.05, 0.1) is 12.6 Å². The summed E-state index contributed by atoms with van der Waals surface area (Å²) in [4.78, 5) is 14.3. The quantitative estimate of drug-likeness (QED) is 0.921. The van der Waals surface area contributed by atoms with E-state index >= 15 is 0 Å². The fourth-order valence-corrected chi connectivity index (χ4v) is 3.13. The van der Waals surface area contributed by atoms with E-state index in [9.17, 15) is 9.18 Å². The van der Waals surface area contributed by atoms with Crippen LogP contribution in [-0.2, 0) is 11.3 Å². The number of fused-ring (bicyclic) bond motifs is 1. The van der Waals surface area contributed by atoms with E-state index in [1.54, 1.807) is 12.1 Å². The van der Waals surface area contributed by atoms with Crippen LogP contribution in [0.4, 0.5) is 4.39 Å². The fourth-order valence-electron chi connectivity index (χ4n) is 3.13. The van der Waals surface area contributed by atoms with E-state index in [-0.39, 0.29) is 17.8 Å². The van der Waals surface area contributed by atoms with Gasteiger partial charge in [0, 0.05) is 31.5 Å². The average Bonchev–Trinajstić information content (AvgIpc) is 3.02. The first-order valence-electron chi connectivity index (χ1n) is 8.10. The number of hydrogen-bond donors (Lipinski definition) is 1. The van der Waals surface area contributed by atoms with Gasteiger partial charge in [-0.2, -0.15) is 0 Å². The van der Waals surface area contributed by atoms with Crippen molar-refractivity contribution in [2.45, 2.75) is 25.9 Å².